The largest absolute Gasteiger partial charge is 0.377 e. The van der Waals surface area contributed by atoms with Crippen molar-refractivity contribution < 1.29 is 4.39 Å². The third-order valence-electron chi connectivity index (χ3n) is 2.23. The van der Waals surface area contributed by atoms with Gasteiger partial charge in [-0.05, 0) is 18.2 Å². The first kappa shape index (κ1) is 9.71. The van der Waals surface area contributed by atoms with Gasteiger partial charge < -0.3 is 9.88 Å². The van der Waals surface area contributed by atoms with E-state index < -0.39 is 0 Å². The first-order chi connectivity index (χ1) is 7.18. The molecule has 3 nitrogen and oxygen atoms in total. The summed E-state index contributed by atoms with van der Waals surface area (Å²) in [4.78, 5) is 8.84. The van der Waals surface area contributed by atoms with Gasteiger partial charge in [-0.15, -0.1) is 0 Å². The maximum absolute atomic E-state index is 13.1. The molecule has 0 fully saturated rings. The van der Waals surface area contributed by atoms with Crippen LogP contribution in [0.3, 0.4) is 0 Å². The molecule has 0 saturated carbocycles. The molecule has 0 unspecified atom stereocenters. The molecule has 2 aromatic rings. The molecule has 1 aromatic carbocycles. The monoisotopic (exact) mass is 205 g/mol. The number of hydrogen-bond acceptors (Lipinski definition) is 2. The zero-order valence-electron chi connectivity index (χ0n) is 8.66. The maximum Gasteiger partial charge on any atom is 0.125 e. The van der Waals surface area contributed by atoms with Gasteiger partial charge in [0, 0.05) is 25.3 Å². The molecule has 0 aliphatic carbocycles. The molecule has 15 heavy (non-hydrogen) atoms. The number of hydrogen-bond donors (Lipinski definition) is 1. The number of nitrogens with one attached hydrogen (secondary N) is 1. The summed E-state index contributed by atoms with van der Waals surface area (Å²) in [6.07, 6.45) is 3.33. The van der Waals surface area contributed by atoms with Crippen molar-refractivity contribution in [2.75, 3.05) is 19.0 Å². The second-order valence-electron chi connectivity index (χ2n) is 3.52. The number of halogens is 1. The van der Waals surface area contributed by atoms with Crippen LogP contribution in [0, 0.1) is 5.82 Å². The highest BCUT2D eigenvalue weighted by molar-refractivity contribution is 5.75. The smallest absolute Gasteiger partial charge is 0.125 e. The number of aromatic amines is 1. The molecule has 1 N–H and O–H groups in total. The van der Waals surface area contributed by atoms with Gasteiger partial charge in [0.2, 0.25) is 0 Å². The van der Waals surface area contributed by atoms with Gasteiger partial charge in [0.1, 0.15) is 5.82 Å². The summed E-state index contributed by atoms with van der Waals surface area (Å²) in [5.74, 6) is -0.234. The van der Waals surface area contributed by atoms with E-state index in [4.69, 9.17) is 0 Å². The van der Waals surface area contributed by atoms with Gasteiger partial charge in [0.25, 0.3) is 0 Å². The van der Waals surface area contributed by atoms with Crippen LogP contribution in [0.25, 0.3) is 11.3 Å². The van der Waals surface area contributed by atoms with Crippen LogP contribution in [0.5, 0.6) is 0 Å². The summed E-state index contributed by atoms with van der Waals surface area (Å²) < 4.78 is 13.1. The summed E-state index contributed by atoms with van der Waals surface area (Å²) in [5, 5.41) is 0. The van der Waals surface area contributed by atoms with Crippen molar-refractivity contribution in [3.8, 4) is 11.3 Å². The highest BCUT2D eigenvalue weighted by atomic mass is 19.1. The minimum absolute atomic E-state index is 0.234. The van der Waals surface area contributed by atoms with E-state index in [2.05, 4.69) is 9.97 Å². The number of nitrogens with zero attached hydrogens (tertiary/aromatic N) is 2. The molecular weight excluding hydrogens is 193 g/mol. The lowest BCUT2D eigenvalue weighted by atomic mass is 10.1. The quantitative estimate of drug-likeness (QED) is 0.815. The average molecular weight is 205 g/mol. The Kier molecular flexibility index (Phi) is 2.41. The Labute approximate surface area is 87.6 Å². The normalized spacial score (nSPS) is 10.3. The zero-order valence-corrected chi connectivity index (χ0v) is 8.66. The van der Waals surface area contributed by atoms with E-state index in [0.29, 0.717) is 0 Å². The lowest BCUT2D eigenvalue weighted by Crippen LogP contribution is -2.10. The van der Waals surface area contributed by atoms with Crippen molar-refractivity contribution in [3.63, 3.8) is 0 Å². The number of anilines is 1. The fourth-order valence-corrected chi connectivity index (χ4v) is 1.51. The van der Waals surface area contributed by atoms with Gasteiger partial charge in [-0.2, -0.15) is 0 Å². The molecular formula is C11H12FN3. The fraction of sp³-hybridized carbons (Fsp3) is 0.182. The Balaban J connectivity index is 2.56. The Morgan fingerprint density at radius 3 is 2.73 bits per heavy atom. The first-order valence-corrected chi connectivity index (χ1v) is 4.64. The molecule has 0 radical (unpaired) electrons. The van der Waals surface area contributed by atoms with Crippen LogP contribution in [0.15, 0.2) is 30.7 Å². The Morgan fingerprint density at radius 2 is 2.13 bits per heavy atom. The van der Waals surface area contributed by atoms with Crippen LogP contribution in [0.2, 0.25) is 0 Å². The van der Waals surface area contributed by atoms with Crippen LogP contribution in [0.4, 0.5) is 10.1 Å². The van der Waals surface area contributed by atoms with Crippen molar-refractivity contribution in [2.45, 2.75) is 0 Å². The van der Waals surface area contributed by atoms with E-state index in [1.54, 1.807) is 18.6 Å². The first-order valence-electron chi connectivity index (χ1n) is 4.64. The molecule has 0 bridgehead atoms. The summed E-state index contributed by atoms with van der Waals surface area (Å²) in [5.41, 5.74) is 2.66. The van der Waals surface area contributed by atoms with Crippen LogP contribution >= 0.6 is 0 Å². The number of H-pyrrole nitrogens is 1. The van der Waals surface area contributed by atoms with Crippen LogP contribution in [-0.4, -0.2) is 24.1 Å². The second-order valence-corrected chi connectivity index (χ2v) is 3.52. The summed E-state index contributed by atoms with van der Waals surface area (Å²) in [7, 11) is 3.77. The van der Waals surface area contributed by atoms with Crippen molar-refractivity contribution in [3.05, 3.63) is 36.5 Å². The van der Waals surface area contributed by atoms with Crippen molar-refractivity contribution >= 4 is 5.69 Å². The van der Waals surface area contributed by atoms with E-state index in [9.17, 15) is 4.39 Å². The van der Waals surface area contributed by atoms with Crippen LogP contribution in [0.1, 0.15) is 0 Å². The zero-order chi connectivity index (χ0) is 10.8. The Bertz CT molecular complexity index is 449. The Hall–Kier alpha value is -1.84. The number of imidazole rings is 1. The molecule has 1 aromatic heterocycles. The summed E-state index contributed by atoms with van der Waals surface area (Å²) in [6, 6.07) is 4.71. The number of benzene rings is 1. The molecule has 0 saturated heterocycles. The van der Waals surface area contributed by atoms with Gasteiger partial charge in [-0.1, -0.05) is 0 Å². The van der Waals surface area contributed by atoms with E-state index in [1.165, 1.54) is 12.1 Å². The van der Waals surface area contributed by atoms with E-state index >= 15 is 0 Å². The summed E-state index contributed by atoms with van der Waals surface area (Å²) >= 11 is 0. The standard InChI is InChI=1S/C11H12FN3/c1-15(2)11-5-8(12)3-4-9(11)10-6-13-7-14-10/h3-7H,1-2H3,(H,13,14). The van der Waals surface area contributed by atoms with Crippen molar-refractivity contribution in [1.82, 2.24) is 9.97 Å². The molecule has 0 aliphatic heterocycles. The second kappa shape index (κ2) is 3.73. The van der Waals surface area contributed by atoms with Crippen LogP contribution in [-0.2, 0) is 0 Å². The van der Waals surface area contributed by atoms with E-state index in [-0.39, 0.29) is 5.82 Å². The van der Waals surface area contributed by atoms with E-state index in [0.717, 1.165) is 16.9 Å². The van der Waals surface area contributed by atoms with Crippen molar-refractivity contribution in [2.24, 2.45) is 0 Å². The number of rotatable bonds is 2. The molecule has 0 spiro atoms. The average Bonchev–Trinajstić information content (AvgIpc) is 2.70. The van der Waals surface area contributed by atoms with Crippen LogP contribution < -0.4 is 4.90 Å². The lowest BCUT2D eigenvalue weighted by molar-refractivity contribution is 0.628. The molecule has 0 amide bonds. The molecule has 0 aliphatic rings. The third-order valence-corrected chi connectivity index (χ3v) is 2.23. The summed E-state index contributed by atoms with van der Waals surface area (Å²) in [6.45, 7) is 0. The topological polar surface area (TPSA) is 31.9 Å². The molecule has 1 heterocycles. The molecule has 0 atom stereocenters. The van der Waals surface area contributed by atoms with Crippen molar-refractivity contribution in [1.29, 1.82) is 0 Å². The minimum Gasteiger partial charge on any atom is -0.377 e. The number of aromatic nitrogens is 2. The third kappa shape index (κ3) is 1.83. The van der Waals surface area contributed by atoms with Gasteiger partial charge in [-0.3, -0.25) is 0 Å². The Morgan fingerprint density at radius 1 is 1.33 bits per heavy atom. The molecule has 4 heteroatoms. The molecule has 2 rings (SSSR count). The SMILES string of the molecule is CN(C)c1cc(F)ccc1-c1cnc[nH]1. The highest BCUT2D eigenvalue weighted by Gasteiger charge is 2.08. The van der Waals surface area contributed by atoms with Gasteiger partial charge in [-0.25, -0.2) is 9.37 Å². The molecule has 78 valence electrons. The van der Waals surface area contributed by atoms with Gasteiger partial charge in [0.05, 0.1) is 18.2 Å². The minimum atomic E-state index is -0.234. The van der Waals surface area contributed by atoms with E-state index in [1.807, 2.05) is 19.0 Å². The predicted molar refractivity (Wildman–Crippen MR) is 58.3 cm³/mol. The maximum atomic E-state index is 13.1. The lowest BCUT2D eigenvalue weighted by Gasteiger charge is -2.16. The van der Waals surface area contributed by atoms with Gasteiger partial charge in [0.15, 0.2) is 0 Å². The van der Waals surface area contributed by atoms with Gasteiger partial charge >= 0.3 is 0 Å². The fourth-order valence-electron chi connectivity index (χ4n) is 1.51. The highest BCUT2D eigenvalue weighted by Crippen LogP contribution is 2.28. The predicted octanol–water partition coefficient (Wildman–Crippen LogP) is 2.28.